The monoisotopic (exact) mass is 386 g/mol. The van der Waals surface area contributed by atoms with Crippen molar-refractivity contribution in [3.05, 3.63) is 71.3 Å². The molecule has 1 aromatic carbocycles. The topological polar surface area (TPSA) is 34.1 Å². The zero-order chi connectivity index (χ0) is 20.2. The molecule has 0 radical (unpaired) electrons. The first-order valence-corrected chi connectivity index (χ1v) is 11.1. The molecule has 4 aliphatic carbocycles. The summed E-state index contributed by atoms with van der Waals surface area (Å²) in [5.74, 6) is 1.96. The lowest BCUT2D eigenvalue weighted by Crippen LogP contribution is -2.49. The van der Waals surface area contributed by atoms with Gasteiger partial charge in [-0.05, 0) is 73.1 Å². The van der Waals surface area contributed by atoms with Gasteiger partial charge in [-0.15, -0.1) is 0 Å². The van der Waals surface area contributed by atoms with E-state index in [0.29, 0.717) is 23.5 Å². The highest BCUT2D eigenvalue weighted by Crippen LogP contribution is 2.63. The lowest BCUT2D eigenvalue weighted by molar-refractivity contribution is -0.130. The van der Waals surface area contributed by atoms with E-state index in [1.54, 1.807) is 6.08 Å². The molecule has 0 saturated heterocycles. The number of carbonyl (C=O) groups is 2. The summed E-state index contributed by atoms with van der Waals surface area (Å²) >= 11 is 0. The van der Waals surface area contributed by atoms with Crippen LogP contribution in [0.1, 0.15) is 51.5 Å². The minimum Gasteiger partial charge on any atom is -0.299 e. The molecular formula is C27H30O2. The number of hydrogen-bond acceptors (Lipinski definition) is 2. The molecule has 0 bridgehead atoms. The number of hydrogen-bond donors (Lipinski definition) is 0. The fraction of sp³-hybridized carbons (Fsp3) is 0.481. The Morgan fingerprint density at radius 2 is 1.76 bits per heavy atom. The molecule has 0 N–H and O–H groups in total. The molecule has 4 aliphatic rings. The van der Waals surface area contributed by atoms with Gasteiger partial charge in [0.05, 0.1) is 0 Å². The van der Waals surface area contributed by atoms with Crippen molar-refractivity contribution in [1.29, 1.82) is 0 Å². The first kappa shape index (κ1) is 18.8. The summed E-state index contributed by atoms with van der Waals surface area (Å²) in [6.45, 7) is 4.54. The van der Waals surface area contributed by atoms with Gasteiger partial charge in [0.2, 0.25) is 0 Å². The van der Waals surface area contributed by atoms with E-state index in [0.717, 1.165) is 38.5 Å². The fourth-order valence-electron chi connectivity index (χ4n) is 6.81. The third kappa shape index (κ3) is 2.83. The van der Waals surface area contributed by atoms with E-state index < -0.39 is 0 Å². The van der Waals surface area contributed by atoms with Crippen molar-refractivity contribution in [3.63, 3.8) is 0 Å². The second kappa shape index (κ2) is 6.65. The third-order valence-electron chi connectivity index (χ3n) is 8.58. The lowest BCUT2D eigenvalue weighted by Gasteiger charge is -2.55. The normalized spacial score (nSPS) is 38.1. The number of allylic oxidation sites excluding steroid dienone is 6. The van der Waals surface area contributed by atoms with E-state index in [1.165, 1.54) is 16.7 Å². The first-order chi connectivity index (χ1) is 13.9. The Bertz CT molecular complexity index is 950. The van der Waals surface area contributed by atoms with Gasteiger partial charge in [0.1, 0.15) is 5.78 Å². The van der Waals surface area contributed by atoms with E-state index >= 15 is 0 Å². The van der Waals surface area contributed by atoms with Crippen molar-refractivity contribution in [2.24, 2.45) is 28.6 Å². The van der Waals surface area contributed by atoms with Crippen LogP contribution in [0.15, 0.2) is 65.8 Å². The summed E-state index contributed by atoms with van der Waals surface area (Å²) in [7, 11) is 0. The molecule has 2 saturated carbocycles. The largest absolute Gasteiger partial charge is 0.299 e. The molecule has 29 heavy (non-hydrogen) atoms. The summed E-state index contributed by atoms with van der Waals surface area (Å²) in [5.41, 5.74) is 3.77. The Labute approximate surface area is 173 Å². The predicted octanol–water partition coefficient (Wildman–Crippen LogP) is 5.64. The highest BCUT2D eigenvalue weighted by atomic mass is 16.1. The minimum atomic E-state index is -0.154. The quantitative estimate of drug-likeness (QED) is 0.673. The predicted molar refractivity (Wildman–Crippen MR) is 115 cm³/mol. The molecule has 5 unspecified atom stereocenters. The van der Waals surface area contributed by atoms with Crippen molar-refractivity contribution in [2.45, 2.75) is 52.4 Å². The molecule has 0 aromatic heterocycles. The number of ketones is 2. The van der Waals surface area contributed by atoms with Crippen LogP contribution in [0.25, 0.3) is 0 Å². The molecule has 0 spiro atoms. The Morgan fingerprint density at radius 3 is 2.55 bits per heavy atom. The minimum absolute atomic E-state index is 0.0816. The first-order valence-electron chi connectivity index (χ1n) is 11.1. The zero-order valence-corrected chi connectivity index (χ0v) is 17.5. The molecule has 2 fully saturated rings. The second-order valence-corrected chi connectivity index (χ2v) is 9.98. The van der Waals surface area contributed by atoms with Gasteiger partial charge in [0, 0.05) is 17.3 Å². The summed E-state index contributed by atoms with van der Waals surface area (Å²) in [5, 5.41) is 0. The maximum atomic E-state index is 12.8. The van der Waals surface area contributed by atoms with Crippen molar-refractivity contribution in [1.82, 2.24) is 0 Å². The van der Waals surface area contributed by atoms with Gasteiger partial charge in [-0.25, -0.2) is 0 Å². The molecule has 0 heterocycles. The molecule has 5 rings (SSSR count). The molecule has 2 nitrogen and oxygen atoms in total. The van der Waals surface area contributed by atoms with Crippen LogP contribution in [0.4, 0.5) is 0 Å². The second-order valence-electron chi connectivity index (χ2n) is 9.98. The molecule has 150 valence electrons. The number of benzene rings is 1. The number of Topliss-reactive ketones (excluding diaryl/α,β-unsaturated/α-hetero) is 1. The maximum Gasteiger partial charge on any atom is 0.178 e. The van der Waals surface area contributed by atoms with E-state index in [2.05, 4.69) is 56.3 Å². The summed E-state index contributed by atoms with van der Waals surface area (Å²) in [6, 6.07) is 10.7. The molecule has 0 amide bonds. The van der Waals surface area contributed by atoms with E-state index in [9.17, 15) is 9.59 Å². The molecule has 1 aromatic rings. The van der Waals surface area contributed by atoms with Crippen molar-refractivity contribution < 1.29 is 9.59 Å². The van der Waals surface area contributed by atoms with E-state index in [1.807, 2.05) is 6.08 Å². The maximum absolute atomic E-state index is 12.8. The third-order valence-corrected chi connectivity index (χ3v) is 8.58. The molecular weight excluding hydrogens is 356 g/mol. The summed E-state index contributed by atoms with van der Waals surface area (Å²) < 4.78 is 0. The summed E-state index contributed by atoms with van der Waals surface area (Å²) in [4.78, 5) is 25.0. The Kier molecular flexibility index (Phi) is 4.31. The highest BCUT2D eigenvalue weighted by molar-refractivity contribution is 6.01. The number of fused-ring (bicyclic) bond motifs is 5. The number of aryl methyl sites for hydroxylation is 1. The SMILES string of the molecule is CC12C=CC(=O)C=C1C=C(CCc1ccccc1)C1C2CCC2(C)C(=O)CCC12. The van der Waals surface area contributed by atoms with Crippen LogP contribution in [-0.4, -0.2) is 11.6 Å². The Balaban J connectivity index is 1.56. The smallest absolute Gasteiger partial charge is 0.178 e. The van der Waals surface area contributed by atoms with Crippen molar-refractivity contribution in [3.8, 4) is 0 Å². The van der Waals surface area contributed by atoms with Crippen molar-refractivity contribution >= 4 is 11.6 Å². The van der Waals surface area contributed by atoms with Gasteiger partial charge in [0.25, 0.3) is 0 Å². The van der Waals surface area contributed by atoms with Gasteiger partial charge in [0.15, 0.2) is 5.78 Å². The standard InChI is InChI=1S/C27H30O2/c1-26-14-12-21(28)17-20(26)16-19(9-8-18-6-4-3-5-7-18)25-22-10-11-24(29)27(22,2)15-13-23(25)26/h3-7,12,14,16-17,22-23,25H,8-11,13,15H2,1-2H3. The Hall–Kier alpha value is -2.22. The van der Waals surface area contributed by atoms with Gasteiger partial charge in [-0.3, -0.25) is 9.59 Å². The Morgan fingerprint density at radius 1 is 0.966 bits per heavy atom. The van der Waals surface area contributed by atoms with E-state index in [4.69, 9.17) is 0 Å². The van der Waals surface area contributed by atoms with Crippen LogP contribution >= 0.6 is 0 Å². The van der Waals surface area contributed by atoms with Gasteiger partial charge < -0.3 is 0 Å². The average Bonchev–Trinajstić information content (AvgIpc) is 3.02. The summed E-state index contributed by atoms with van der Waals surface area (Å²) in [6.07, 6.45) is 14.0. The fourth-order valence-corrected chi connectivity index (χ4v) is 6.81. The molecule has 0 aliphatic heterocycles. The van der Waals surface area contributed by atoms with Crippen LogP contribution in [-0.2, 0) is 16.0 Å². The van der Waals surface area contributed by atoms with Gasteiger partial charge in [-0.2, -0.15) is 0 Å². The van der Waals surface area contributed by atoms with Crippen LogP contribution in [0.2, 0.25) is 0 Å². The number of carbonyl (C=O) groups excluding carboxylic acids is 2. The van der Waals surface area contributed by atoms with Crippen molar-refractivity contribution in [2.75, 3.05) is 0 Å². The van der Waals surface area contributed by atoms with Crippen LogP contribution in [0.5, 0.6) is 0 Å². The van der Waals surface area contributed by atoms with Gasteiger partial charge >= 0.3 is 0 Å². The van der Waals surface area contributed by atoms with Crippen LogP contribution in [0.3, 0.4) is 0 Å². The number of rotatable bonds is 3. The zero-order valence-electron chi connectivity index (χ0n) is 17.5. The molecule has 5 atom stereocenters. The van der Waals surface area contributed by atoms with Crippen LogP contribution < -0.4 is 0 Å². The van der Waals surface area contributed by atoms with Gasteiger partial charge in [-0.1, -0.05) is 61.9 Å². The lowest BCUT2D eigenvalue weighted by atomic mass is 9.48. The van der Waals surface area contributed by atoms with E-state index in [-0.39, 0.29) is 16.6 Å². The molecule has 2 heteroatoms. The highest BCUT2D eigenvalue weighted by Gasteiger charge is 2.59. The van der Waals surface area contributed by atoms with Crippen LogP contribution in [0, 0.1) is 28.6 Å². The average molecular weight is 387 g/mol.